The van der Waals surface area contributed by atoms with Crippen LogP contribution in [0.15, 0.2) is 18.2 Å². The van der Waals surface area contributed by atoms with Crippen LogP contribution in [0.2, 0.25) is 0 Å². The van der Waals surface area contributed by atoms with Gasteiger partial charge in [-0.1, -0.05) is 17.7 Å². The Labute approximate surface area is 115 Å². The van der Waals surface area contributed by atoms with Crippen molar-refractivity contribution in [1.29, 1.82) is 0 Å². The van der Waals surface area contributed by atoms with Gasteiger partial charge in [-0.3, -0.25) is 4.90 Å². The van der Waals surface area contributed by atoms with Gasteiger partial charge in [0, 0.05) is 24.6 Å². The number of hydrogen-bond acceptors (Lipinski definition) is 3. The lowest BCUT2D eigenvalue weighted by Gasteiger charge is -2.33. The van der Waals surface area contributed by atoms with Gasteiger partial charge in [0.05, 0.1) is 11.7 Å². The molecule has 6 heteroatoms. The highest BCUT2D eigenvalue weighted by Crippen LogP contribution is 2.35. The van der Waals surface area contributed by atoms with Crippen molar-refractivity contribution in [2.75, 3.05) is 24.6 Å². The Kier molecular flexibility index (Phi) is 4.43. The molecule has 2 nitrogen and oxygen atoms in total. The molecule has 1 atom stereocenters. The van der Waals surface area contributed by atoms with E-state index in [1.54, 1.807) is 24.8 Å². The molecule has 0 saturated carbocycles. The molecule has 106 valence electrons. The zero-order valence-electron chi connectivity index (χ0n) is 10.7. The van der Waals surface area contributed by atoms with E-state index in [-0.39, 0.29) is 5.56 Å². The molecular formula is C13H17F3N2S. The Morgan fingerprint density at radius 2 is 1.89 bits per heavy atom. The molecule has 1 heterocycles. The molecule has 19 heavy (non-hydrogen) atoms. The number of thioether (sulfide) groups is 1. The summed E-state index contributed by atoms with van der Waals surface area (Å²) in [7, 11) is 0. The maximum atomic E-state index is 13.1. The summed E-state index contributed by atoms with van der Waals surface area (Å²) in [5.41, 5.74) is 6.19. The smallest absolute Gasteiger partial charge is 0.312 e. The van der Waals surface area contributed by atoms with Crippen molar-refractivity contribution in [3.05, 3.63) is 34.9 Å². The molecule has 0 aromatic heterocycles. The summed E-state index contributed by atoms with van der Waals surface area (Å²) >= 11 is 1.80. The van der Waals surface area contributed by atoms with Gasteiger partial charge in [0.25, 0.3) is 0 Å². The average molecular weight is 290 g/mol. The molecule has 0 radical (unpaired) electrons. The fourth-order valence-electron chi connectivity index (χ4n) is 2.23. The first kappa shape index (κ1) is 14.7. The van der Waals surface area contributed by atoms with Crippen LogP contribution in [-0.4, -0.2) is 29.5 Å². The number of alkyl halides is 3. The highest BCUT2D eigenvalue weighted by Gasteiger charge is 2.36. The Bertz CT molecular complexity index is 442. The summed E-state index contributed by atoms with van der Waals surface area (Å²) in [6.45, 7) is 3.12. The minimum Gasteiger partial charge on any atom is -0.312 e. The van der Waals surface area contributed by atoms with Crippen LogP contribution in [0.5, 0.6) is 0 Å². The van der Waals surface area contributed by atoms with Gasteiger partial charge in [0.1, 0.15) is 0 Å². The molecule has 1 aromatic rings. The number of hydrogen-bond donors (Lipinski definition) is 1. The van der Waals surface area contributed by atoms with Gasteiger partial charge in [-0.25, -0.2) is 0 Å². The second kappa shape index (κ2) is 5.73. The second-order valence-electron chi connectivity index (χ2n) is 4.68. The van der Waals surface area contributed by atoms with E-state index in [4.69, 9.17) is 5.73 Å². The van der Waals surface area contributed by atoms with Crippen LogP contribution < -0.4 is 5.73 Å². The topological polar surface area (TPSA) is 29.3 Å². The van der Waals surface area contributed by atoms with Crippen LogP contribution in [0.3, 0.4) is 0 Å². The van der Waals surface area contributed by atoms with Gasteiger partial charge >= 0.3 is 6.18 Å². The van der Waals surface area contributed by atoms with E-state index < -0.39 is 17.9 Å². The van der Waals surface area contributed by atoms with E-state index in [9.17, 15) is 13.2 Å². The van der Waals surface area contributed by atoms with E-state index in [2.05, 4.69) is 0 Å². The lowest BCUT2D eigenvalue weighted by atomic mass is 10.0. The molecule has 2 rings (SSSR count). The van der Waals surface area contributed by atoms with Crippen molar-refractivity contribution in [3.63, 3.8) is 0 Å². The maximum absolute atomic E-state index is 13.1. The molecule has 1 saturated heterocycles. The van der Waals surface area contributed by atoms with Gasteiger partial charge in [0.15, 0.2) is 0 Å². The molecule has 0 amide bonds. The number of halogens is 3. The summed E-state index contributed by atoms with van der Waals surface area (Å²) in [5, 5.41) is 0. The molecule has 2 N–H and O–H groups in total. The van der Waals surface area contributed by atoms with E-state index in [0.29, 0.717) is 5.56 Å². The number of aryl methyl sites for hydroxylation is 1. The maximum Gasteiger partial charge on any atom is 0.416 e. The van der Waals surface area contributed by atoms with Crippen LogP contribution in [0.25, 0.3) is 0 Å². The Morgan fingerprint density at radius 3 is 2.47 bits per heavy atom. The largest absolute Gasteiger partial charge is 0.416 e. The van der Waals surface area contributed by atoms with Gasteiger partial charge in [-0.15, -0.1) is 0 Å². The molecule has 1 unspecified atom stereocenters. The van der Waals surface area contributed by atoms with Gasteiger partial charge < -0.3 is 5.73 Å². The van der Waals surface area contributed by atoms with E-state index in [1.165, 1.54) is 12.1 Å². The number of benzene rings is 1. The van der Waals surface area contributed by atoms with Crippen LogP contribution in [0.1, 0.15) is 22.9 Å². The minimum absolute atomic E-state index is 0.171. The summed E-state index contributed by atoms with van der Waals surface area (Å²) in [6.07, 6.45) is -5.04. The van der Waals surface area contributed by atoms with Crippen LogP contribution in [-0.2, 0) is 6.18 Å². The average Bonchev–Trinajstić information content (AvgIpc) is 2.38. The number of nitrogens with two attached hydrogens (primary N) is 1. The monoisotopic (exact) mass is 290 g/mol. The fourth-order valence-corrected chi connectivity index (χ4v) is 3.16. The van der Waals surface area contributed by atoms with E-state index >= 15 is 0 Å². The number of nitrogens with zero attached hydrogens (tertiary/aromatic N) is 1. The third-order valence-electron chi connectivity index (χ3n) is 3.27. The van der Waals surface area contributed by atoms with Crippen LogP contribution in [0.4, 0.5) is 13.2 Å². The highest BCUT2D eigenvalue weighted by atomic mass is 32.2. The molecule has 1 fully saturated rings. The summed E-state index contributed by atoms with van der Waals surface area (Å²) in [6, 6.07) is 4.36. The van der Waals surface area contributed by atoms with Crippen molar-refractivity contribution < 1.29 is 13.2 Å². The van der Waals surface area contributed by atoms with Crippen molar-refractivity contribution in [2.24, 2.45) is 5.73 Å². The fraction of sp³-hybridized carbons (Fsp3) is 0.538. The first-order valence-corrected chi connectivity index (χ1v) is 7.30. The highest BCUT2D eigenvalue weighted by molar-refractivity contribution is 7.99. The molecular weight excluding hydrogens is 273 g/mol. The number of rotatable bonds is 2. The van der Waals surface area contributed by atoms with Gasteiger partial charge in [-0.05, 0) is 18.6 Å². The SMILES string of the molecule is Cc1ccc(C(N)N2CCSCC2)c(C(F)(F)F)c1. The molecule has 1 aliphatic heterocycles. The van der Waals surface area contributed by atoms with Crippen molar-refractivity contribution >= 4 is 11.8 Å². The first-order valence-electron chi connectivity index (χ1n) is 6.14. The van der Waals surface area contributed by atoms with Gasteiger partial charge in [-0.2, -0.15) is 24.9 Å². The molecule has 1 aliphatic rings. The Hall–Kier alpha value is -0.720. The van der Waals surface area contributed by atoms with Crippen LogP contribution >= 0.6 is 11.8 Å². The Balaban J connectivity index is 2.32. The van der Waals surface area contributed by atoms with Gasteiger partial charge in [0.2, 0.25) is 0 Å². The quantitative estimate of drug-likeness (QED) is 0.908. The second-order valence-corrected chi connectivity index (χ2v) is 5.91. The zero-order valence-corrected chi connectivity index (χ0v) is 11.5. The summed E-state index contributed by atoms with van der Waals surface area (Å²) in [5.74, 6) is 1.84. The van der Waals surface area contributed by atoms with Crippen molar-refractivity contribution in [2.45, 2.75) is 19.3 Å². The molecule has 0 bridgehead atoms. The predicted molar refractivity (Wildman–Crippen MR) is 72.0 cm³/mol. The lowest BCUT2D eigenvalue weighted by molar-refractivity contribution is -0.138. The standard InChI is InChI=1S/C13H17F3N2S/c1-9-2-3-10(11(8-9)13(14,15)16)12(17)18-4-6-19-7-5-18/h2-3,8,12H,4-7,17H2,1H3. The van der Waals surface area contributed by atoms with Crippen molar-refractivity contribution in [1.82, 2.24) is 4.90 Å². The van der Waals surface area contributed by atoms with E-state index in [0.717, 1.165) is 24.6 Å². The van der Waals surface area contributed by atoms with Crippen LogP contribution in [0, 0.1) is 6.92 Å². The molecule has 0 aliphatic carbocycles. The summed E-state index contributed by atoms with van der Waals surface area (Å²) < 4.78 is 39.2. The third-order valence-corrected chi connectivity index (χ3v) is 4.21. The molecule has 1 aromatic carbocycles. The first-order chi connectivity index (χ1) is 8.89. The predicted octanol–water partition coefficient (Wildman–Crippen LogP) is 3.02. The summed E-state index contributed by atoms with van der Waals surface area (Å²) in [4.78, 5) is 1.91. The van der Waals surface area contributed by atoms with Crippen molar-refractivity contribution in [3.8, 4) is 0 Å². The van der Waals surface area contributed by atoms with E-state index in [1.807, 2.05) is 4.90 Å². The minimum atomic E-state index is -4.36. The zero-order chi connectivity index (χ0) is 14.0. The lowest BCUT2D eigenvalue weighted by Crippen LogP contribution is -2.41. The Morgan fingerprint density at radius 1 is 1.26 bits per heavy atom. The third kappa shape index (κ3) is 3.43. The molecule has 0 spiro atoms. The normalized spacial score (nSPS) is 19.4.